The minimum atomic E-state index is -0.909. The molecule has 3 rings (SSSR count). The zero-order chi connectivity index (χ0) is 21.8. The number of phenols is 1. The first-order chi connectivity index (χ1) is 14.3. The normalized spacial score (nSPS) is 11.9. The number of nitrogens with one attached hydrogen (secondary N) is 1. The molecule has 8 nitrogen and oxygen atoms in total. The highest BCUT2D eigenvalue weighted by Gasteiger charge is 2.18. The Balaban J connectivity index is 1.92. The van der Waals surface area contributed by atoms with Crippen LogP contribution in [0.2, 0.25) is 5.02 Å². The number of aromatic hydroxyl groups is 2. The highest BCUT2D eigenvalue weighted by atomic mass is 35.5. The van der Waals surface area contributed by atoms with Crippen molar-refractivity contribution in [3.8, 4) is 17.6 Å². The van der Waals surface area contributed by atoms with Gasteiger partial charge in [0.25, 0.3) is 5.91 Å². The number of fused-ring (bicyclic) bond motifs is 1. The van der Waals surface area contributed by atoms with Crippen LogP contribution in [0.3, 0.4) is 0 Å². The molecule has 150 valence electrons. The molecule has 0 aliphatic carbocycles. The predicted octanol–water partition coefficient (Wildman–Crippen LogP) is 3.30. The number of halogens is 1. The summed E-state index contributed by atoms with van der Waals surface area (Å²) in [6.45, 7) is 1.38. The molecule has 30 heavy (non-hydrogen) atoms. The van der Waals surface area contributed by atoms with E-state index in [1.165, 1.54) is 31.2 Å². The number of amides is 1. The van der Waals surface area contributed by atoms with Crippen molar-refractivity contribution in [2.45, 2.75) is 6.92 Å². The Morgan fingerprint density at radius 3 is 2.70 bits per heavy atom. The van der Waals surface area contributed by atoms with Crippen molar-refractivity contribution < 1.29 is 19.4 Å². The molecule has 1 aromatic heterocycles. The predicted molar refractivity (Wildman–Crippen MR) is 111 cm³/mol. The van der Waals surface area contributed by atoms with E-state index in [1.54, 1.807) is 30.3 Å². The van der Waals surface area contributed by atoms with Crippen LogP contribution in [0.25, 0.3) is 17.0 Å². The monoisotopic (exact) mass is 423 g/mol. The first-order valence-corrected chi connectivity index (χ1v) is 8.89. The van der Waals surface area contributed by atoms with Gasteiger partial charge in [-0.3, -0.25) is 4.79 Å². The third-order valence-electron chi connectivity index (χ3n) is 4.12. The molecule has 1 heterocycles. The summed E-state index contributed by atoms with van der Waals surface area (Å²) in [7, 11) is 0. The zero-order valence-electron chi connectivity index (χ0n) is 15.5. The molecule has 3 aromatic rings. The molecule has 0 unspecified atom stereocenters. The first-order valence-electron chi connectivity index (χ1n) is 8.52. The SMILES string of the molecule is C/C(=N\NC(=O)/C(C#N)=C/c1ccccc1Cl)c1c(O)c2ccc(O)cc2oc1=O. The number of phenolic OH excluding ortho intramolecular Hbond substituents is 1. The van der Waals surface area contributed by atoms with Gasteiger partial charge in [-0.1, -0.05) is 29.8 Å². The van der Waals surface area contributed by atoms with Crippen molar-refractivity contribution in [3.05, 3.63) is 74.6 Å². The smallest absolute Gasteiger partial charge is 0.349 e. The summed E-state index contributed by atoms with van der Waals surface area (Å²) in [5.74, 6) is -1.37. The van der Waals surface area contributed by atoms with Crippen molar-refractivity contribution in [3.63, 3.8) is 0 Å². The van der Waals surface area contributed by atoms with Crippen molar-refractivity contribution in [2.24, 2.45) is 5.10 Å². The number of hydrogen-bond acceptors (Lipinski definition) is 7. The lowest BCUT2D eigenvalue weighted by Crippen LogP contribution is -2.22. The van der Waals surface area contributed by atoms with Crippen molar-refractivity contribution in [2.75, 3.05) is 0 Å². The van der Waals surface area contributed by atoms with E-state index in [2.05, 4.69) is 10.5 Å². The van der Waals surface area contributed by atoms with Crippen LogP contribution >= 0.6 is 11.6 Å². The summed E-state index contributed by atoms with van der Waals surface area (Å²) >= 11 is 6.03. The first kappa shape index (κ1) is 20.6. The van der Waals surface area contributed by atoms with Gasteiger partial charge in [0.1, 0.15) is 34.3 Å². The fourth-order valence-electron chi connectivity index (χ4n) is 2.64. The minimum Gasteiger partial charge on any atom is -0.508 e. The zero-order valence-corrected chi connectivity index (χ0v) is 16.3. The van der Waals surface area contributed by atoms with Gasteiger partial charge in [0.2, 0.25) is 0 Å². The molecule has 0 radical (unpaired) electrons. The molecule has 0 saturated heterocycles. The third kappa shape index (κ3) is 4.16. The fourth-order valence-corrected chi connectivity index (χ4v) is 2.83. The van der Waals surface area contributed by atoms with Crippen LogP contribution in [-0.4, -0.2) is 21.8 Å². The molecule has 0 bridgehead atoms. The molecule has 1 amide bonds. The number of carbonyl (C=O) groups is 1. The van der Waals surface area contributed by atoms with Crippen molar-refractivity contribution in [1.29, 1.82) is 5.26 Å². The molecule has 9 heteroatoms. The molecule has 0 atom stereocenters. The number of carbonyl (C=O) groups excluding carboxylic acids is 1. The Bertz CT molecular complexity index is 1320. The van der Waals surface area contributed by atoms with E-state index in [0.29, 0.717) is 10.6 Å². The fraction of sp³-hybridized carbons (Fsp3) is 0.0476. The Labute approximate surface area is 174 Å². The summed E-state index contributed by atoms with van der Waals surface area (Å²) < 4.78 is 5.10. The van der Waals surface area contributed by atoms with Gasteiger partial charge in [-0.2, -0.15) is 10.4 Å². The van der Waals surface area contributed by atoms with Crippen LogP contribution in [0.4, 0.5) is 0 Å². The quantitative estimate of drug-likeness (QED) is 0.193. The van der Waals surface area contributed by atoms with Gasteiger partial charge in [0.15, 0.2) is 0 Å². The van der Waals surface area contributed by atoms with E-state index < -0.39 is 17.3 Å². The number of hydrogen-bond donors (Lipinski definition) is 3. The number of hydrazone groups is 1. The van der Waals surface area contributed by atoms with Crippen LogP contribution in [0.15, 0.2) is 62.4 Å². The Hall–Kier alpha value is -4.09. The molecular weight excluding hydrogens is 410 g/mol. The van der Waals surface area contributed by atoms with Crippen LogP contribution in [0.1, 0.15) is 18.1 Å². The molecule has 0 saturated carbocycles. The summed E-state index contributed by atoms with van der Waals surface area (Å²) in [6.07, 6.45) is 1.30. The maximum Gasteiger partial charge on any atom is 0.349 e. The number of rotatable bonds is 4. The number of nitriles is 1. The standard InChI is InChI=1S/C21H14ClN3O5/c1-11(18-19(27)15-7-6-14(26)9-17(15)30-21(18)29)24-25-20(28)13(10-23)8-12-4-2-3-5-16(12)22/h2-9,26-27H,1H3,(H,25,28)/b13-8+,24-11+. The Morgan fingerprint density at radius 1 is 1.27 bits per heavy atom. The molecular formula is C21H14ClN3O5. The maximum absolute atomic E-state index is 12.3. The van der Waals surface area contributed by atoms with Crippen LogP contribution in [-0.2, 0) is 4.79 Å². The van der Waals surface area contributed by atoms with E-state index in [1.807, 2.05) is 0 Å². The van der Waals surface area contributed by atoms with Gasteiger partial charge in [-0.25, -0.2) is 10.2 Å². The molecule has 0 fully saturated rings. The molecule has 0 spiro atoms. The van der Waals surface area contributed by atoms with Crippen LogP contribution < -0.4 is 11.1 Å². The molecule has 2 aromatic carbocycles. The van der Waals surface area contributed by atoms with Gasteiger partial charge in [-0.15, -0.1) is 0 Å². The topological polar surface area (TPSA) is 136 Å². The van der Waals surface area contributed by atoms with E-state index in [4.69, 9.17) is 16.0 Å². The minimum absolute atomic E-state index is 0.00692. The highest BCUT2D eigenvalue weighted by molar-refractivity contribution is 6.32. The summed E-state index contributed by atoms with van der Waals surface area (Å²) in [5, 5.41) is 33.5. The number of benzene rings is 2. The van der Waals surface area contributed by atoms with E-state index in [0.717, 1.165) is 0 Å². The summed E-state index contributed by atoms with van der Waals surface area (Å²) in [4.78, 5) is 24.5. The average Bonchev–Trinajstić information content (AvgIpc) is 2.71. The number of nitrogens with zero attached hydrogens (tertiary/aromatic N) is 2. The van der Waals surface area contributed by atoms with Gasteiger partial charge < -0.3 is 14.6 Å². The van der Waals surface area contributed by atoms with Gasteiger partial charge >= 0.3 is 5.63 Å². The second kappa shape index (κ2) is 8.51. The average molecular weight is 424 g/mol. The van der Waals surface area contributed by atoms with E-state index in [-0.39, 0.29) is 33.6 Å². The lowest BCUT2D eigenvalue weighted by molar-refractivity contribution is -0.117. The lowest BCUT2D eigenvalue weighted by Gasteiger charge is -2.07. The highest BCUT2D eigenvalue weighted by Crippen LogP contribution is 2.29. The van der Waals surface area contributed by atoms with Crippen molar-refractivity contribution in [1.82, 2.24) is 5.43 Å². The lowest BCUT2D eigenvalue weighted by atomic mass is 10.1. The second-order valence-electron chi connectivity index (χ2n) is 6.12. The van der Waals surface area contributed by atoms with Crippen LogP contribution in [0.5, 0.6) is 11.5 Å². The summed E-state index contributed by atoms with van der Waals surface area (Å²) in [5.41, 5.74) is 1.16. The van der Waals surface area contributed by atoms with Gasteiger partial charge in [-0.05, 0) is 36.8 Å². The second-order valence-corrected chi connectivity index (χ2v) is 6.53. The van der Waals surface area contributed by atoms with E-state index in [9.17, 15) is 25.1 Å². The Kier molecular flexibility index (Phi) is 5.85. The maximum atomic E-state index is 12.3. The molecule has 3 N–H and O–H groups in total. The third-order valence-corrected chi connectivity index (χ3v) is 4.47. The largest absolute Gasteiger partial charge is 0.508 e. The Morgan fingerprint density at radius 2 is 2.00 bits per heavy atom. The van der Waals surface area contributed by atoms with Gasteiger partial charge in [0, 0.05) is 11.1 Å². The van der Waals surface area contributed by atoms with Crippen LogP contribution in [0, 0.1) is 11.3 Å². The molecule has 0 aliphatic heterocycles. The molecule has 0 aliphatic rings. The van der Waals surface area contributed by atoms with E-state index >= 15 is 0 Å². The van der Waals surface area contributed by atoms with Gasteiger partial charge in [0.05, 0.1) is 11.1 Å². The summed E-state index contributed by atoms with van der Waals surface area (Å²) in [6, 6.07) is 12.3. The van der Waals surface area contributed by atoms with Crippen molar-refractivity contribution >= 4 is 40.3 Å².